The number of hydrogen-bond acceptors (Lipinski definition) is 3. The van der Waals surface area contributed by atoms with Crippen molar-refractivity contribution in [1.82, 2.24) is 0 Å². The molecule has 0 aromatic rings. The van der Waals surface area contributed by atoms with Crippen molar-refractivity contribution < 1.29 is 13.3 Å². The van der Waals surface area contributed by atoms with Crippen LogP contribution in [-0.2, 0) is 13.3 Å². The molecule has 0 saturated carbocycles. The summed E-state index contributed by atoms with van der Waals surface area (Å²) in [4.78, 5) is 0. The molecule has 0 saturated heterocycles. The third kappa shape index (κ3) is 8.90. The van der Waals surface area contributed by atoms with Crippen LogP contribution in [0.15, 0.2) is 0 Å². The maximum Gasteiger partial charge on any atom is 0.500 e. The molecule has 0 amide bonds. The van der Waals surface area contributed by atoms with Gasteiger partial charge in [-0.15, -0.1) is 8.13 Å². The van der Waals surface area contributed by atoms with Crippen molar-refractivity contribution in [3.8, 4) is 0 Å². The van der Waals surface area contributed by atoms with Gasteiger partial charge in [-0.25, -0.2) is 0 Å². The average Bonchev–Trinajstić information content (AvgIpc) is 2.34. The van der Waals surface area contributed by atoms with Gasteiger partial charge < -0.3 is 13.3 Å². The summed E-state index contributed by atoms with van der Waals surface area (Å²) in [5, 5.41) is 0. The van der Waals surface area contributed by atoms with Gasteiger partial charge in [0, 0.05) is 25.9 Å². The van der Waals surface area contributed by atoms with Crippen LogP contribution in [0.3, 0.4) is 0 Å². The Labute approximate surface area is 130 Å². The Balaban J connectivity index is 4.62. The number of hydrogen-bond donors (Lipinski definition) is 0. The van der Waals surface area contributed by atoms with E-state index in [-0.39, 0.29) is 0 Å². The van der Waals surface area contributed by atoms with E-state index < -0.39 is 16.5 Å². The highest BCUT2D eigenvalue weighted by Gasteiger charge is 2.40. The van der Waals surface area contributed by atoms with E-state index in [4.69, 9.17) is 13.3 Å². The molecule has 2 atom stereocenters. The molecule has 0 radical (unpaired) electrons. The molecule has 0 rings (SSSR count). The first-order valence-corrected chi connectivity index (χ1v) is 15.5. The topological polar surface area (TPSA) is 27.7 Å². The van der Waals surface area contributed by atoms with E-state index in [9.17, 15) is 0 Å². The van der Waals surface area contributed by atoms with Crippen LogP contribution in [0.5, 0.6) is 0 Å². The van der Waals surface area contributed by atoms with E-state index in [0.717, 1.165) is 19.8 Å². The smallest absolute Gasteiger partial charge is 0.374 e. The second kappa shape index (κ2) is 10.5. The Morgan fingerprint density at radius 3 is 1.60 bits per heavy atom. The van der Waals surface area contributed by atoms with Crippen LogP contribution >= 0.6 is 8.13 Å². The minimum Gasteiger partial charge on any atom is -0.374 e. The Morgan fingerprint density at radius 1 is 0.850 bits per heavy atom. The fraction of sp³-hybridized carbons (Fsp3) is 1.00. The molecular formula is C14H35O3PSi2. The van der Waals surface area contributed by atoms with E-state index in [0.29, 0.717) is 19.8 Å². The molecular weight excluding hydrogens is 303 g/mol. The molecule has 0 aliphatic carbocycles. The highest BCUT2D eigenvalue weighted by atomic mass is 31.3. The Morgan fingerprint density at radius 2 is 1.30 bits per heavy atom. The van der Waals surface area contributed by atoms with Crippen LogP contribution in [0.4, 0.5) is 0 Å². The second-order valence-electron chi connectivity index (χ2n) is 6.02. The van der Waals surface area contributed by atoms with E-state index in [1.165, 1.54) is 12.8 Å². The zero-order chi connectivity index (χ0) is 15.6. The summed E-state index contributed by atoms with van der Waals surface area (Å²) in [5.41, 5.74) is 0.815. The van der Waals surface area contributed by atoms with Crippen LogP contribution in [0.2, 0.25) is 25.7 Å². The lowest BCUT2D eigenvalue weighted by Gasteiger charge is -2.31. The molecule has 0 aromatic heterocycles. The molecule has 0 aliphatic heterocycles. The van der Waals surface area contributed by atoms with Crippen molar-refractivity contribution >= 4 is 24.7 Å². The lowest BCUT2D eigenvalue weighted by molar-refractivity contribution is 0.0707. The molecule has 0 N–H and O–H groups in total. The summed E-state index contributed by atoms with van der Waals surface area (Å²) in [6, 6.07) is 0.971. The summed E-state index contributed by atoms with van der Waals surface area (Å²) in [6.45, 7) is 17.8. The van der Waals surface area contributed by atoms with E-state index in [2.05, 4.69) is 26.6 Å². The van der Waals surface area contributed by atoms with Gasteiger partial charge in [0.15, 0.2) is 0 Å². The predicted octanol–water partition coefficient (Wildman–Crippen LogP) is 4.72. The van der Waals surface area contributed by atoms with Crippen molar-refractivity contribution in [3.63, 3.8) is 0 Å². The van der Waals surface area contributed by atoms with Crippen LogP contribution in [0.25, 0.3) is 0 Å². The van der Waals surface area contributed by atoms with Gasteiger partial charge >= 0.3 is 8.80 Å². The molecule has 0 aromatic carbocycles. The van der Waals surface area contributed by atoms with Crippen molar-refractivity contribution in [2.75, 3.05) is 19.8 Å². The zero-order valence-electron chi connectivity index (χ0n) is 14.5. The van der Waals surface area contributed by atoms with Crippen LogP contribution in [0.1, 0.15) is 40.5 Å². The first kappa shape index (κ1) is 20.7. The largest absolute Gasteiger partial charge is 0.500 e. The van der Waals surface area contributed by atoms with Crippen molar-refractivity contribution in [1.29, 1.82) is 0 Å². The van der Waals surface area contributed by atoms with Gasteiger partial charge in [0.05, 0.1) is 7.74 Å². The Bertz CT molecular complexity index is 230. The van der Waals surface area contributed by atoms with Gasteiger partial charge in [-0.2, -0.15) is 0 Å². The molecule has 0 heterocycles. The molecule has 20 heavy (non-hydrogen) atoms. The molecule has 122 valence electrons. The minimum atomic E-state index is -2.43. The number of rotatable bonds is 12. The van der Waals surface area contributed by atoms with Gasteiger partial charge in [-0.3, -0.25) is 0 Å². The summed E-state index contributed by atoms with van der Waals surface area (Å²) in [6.07, 6.45) is 2.45. The van der Waals surface area contributed by atoms with E-state index in [1.807, 2.05) is 20.8 Å². The third-order valence-electron chi connectivity index (χ3n) is 3.02. The van der Waals surface area contributed by atoms with Crippen molar-refractivity contribution in [2.45, 2.75) is 71.9 Å². The standard InChI is InChI=1S/C14H35O3PSi2/c1-8-14(18-19(5,6)7)12-13-20(15-9-2,16-10-3)17-11-4/h14,18H,8-13H2,1-7H3. The second-order valence-corrected chi connectivity index (χ2v) is 19.7. The van der Waals surface area contributed by atoms with Crippen molar-refractivity contribution in [3.05, 3.63) is 0 Å². The fourth-order valence-electron chi connectivity index (χ4n) is 2.34. The zero-order valence-corrected chi connectivity index (χ0v) is 17.5. The summed E-state index contributed by atoms with van der Waals surface area (Å²) in [7, 11) is -2.28. The Hall–Kier alpha value is 0.744. The van der Waals surface area contributed by atoms with Gasteiger partial charge in [0.2, 0.25) is 0 Å². The predicted molar refractivity (Wildman–Crippen MR) is 95.8 cm³/mol. The lowest BCUT2D eigenvalue weighted by atomic mass is 10.3. The van der Waals surface area contributed by atoms with Crippen LogP contribution in [-0.4, -0.2) is 42.0 Å². The maximum absolute atomic E-state index is 5.94. The van der Waals surface area contributed by atoms with Gasteiger partial charge in [-0.05, 0) is 39.3 Å². The average molecular weight is 339 g/mol. The highest BCUT2D eigenvalue weighted by Crippen LogP contribution is 2.37. The third-order valence-corrected chi connectivity index (χ3v) is 11.9. The monoisotopic (exact) mass is 338 g/mol. The quantitative estimate of drug-likeness (QED) is 0.381. The first-order valence-electron chi connectivity index (χ1n) is 8.02. The summed E-state index contributed by atoms with van der Waals surface area (Å²) >= 11 is 0. The normalized spacial score (nSPS) is 15.2. The molecule has 0 spiro atoms. The SMILES string of the molecule is CCO[Si](CCC(CC)P[Si](C)(C)C)(OCC)OCC. The molecule has 6 heteroatoms. The molecule has 3 nitrogen and oxygen atoms in total. The van der Waals surface area contributed by atoms with Gasteiger partial charge in [-0.1, -0.05) is 26.6 Å². The summed E-state index contributed by atoms with van der Waals surface area (Å²) in [5.74, 6) is 0. The minimum absolute atomic E-state index is 0.680. The van der Waals surface area contributed by atoms with Crippen molar-refractivity contribution in [2.24, 2.45) is 0 Å². The highest BCUT2D eigenvalue weighted by molar-refractivity contribution is 7.81. The van der Waals surface area contributed by atoms with Gasteiger partial charge in [0.1, 0.15) is 0 Å². The van der Waals surface area contributed by atoms with Crippen LogP contribution in [0, 0.1) is 0 Å². The lowest BCUT2D eigenvalue weighted by Crippen LogP contribution is -2.46. The molecule has 0 aliphatic rings. The van der Waals surface area contributed by atoms with Crippen LogP contribution < -0.4 is 0 Å². The van der Waals surface area contributed by atoms with E-state index >= 15 is 0 Å². The molecule has 2 unspecified atom stereocenters. The fourth-order valence-corrected chi connectivity index (χ4v) is 11.8. The van der Waals surface area contributed by atoms with E-state index in [1.54, 1.807) is 0 Å². The first-order chi connectivity index (χ1) is 9.32. The molecule has 0 fully saturated rings. The maximum atomic E-state index is 5.94. The summed E-state index contributed by atoms with van der Waals surface area (Å²) < 4.78 is 17.8. The Kier molecular flexibility index (Phi) is 10.9. The molecule has 0 bridgehead atoms. The van der Waals surface area contributed by atoms with Gasteiger partial charge in [0.25, 0.3) is 0 Å².